The monoisotopic (exact) mass is 450 g/mol. The molecule has 0 aromatic rings. The second-order valence-electron chi connectivity index (χ2n) is 9.69. The van der Waals surface area contributed by atoms with E-state index in [0.717, 1.165) is 32.3 Å². The second kappa shape index (κ2) is 9.06. The number of aliphatic hydroxyl groups excluding tert-OH is 2. The molecule has 1 aliphatic heterocycles. The van der Waals surface area contributed by atoms with Gasteiger partial charge in [-0.2, -0.15) is 0 Å². The van der Waals surface area contributed by atoms with E-state index in [1.54, 1.807) is 13.8 Å². The van der Waals surface area contributed by atoms with Crippen LogP contribution in [0.3, 0.4) is 0 Å². The highest BCUT2D eigenvalue weighted by Crippen LogP contribution is 2.80. The molecule has 7 unspecified atom stereocenters. The van der Waals surface area contributed by atoms with Crippen LogP contribution in [0.25, 0.3) is 0 Å². The Balaban J connectivity index is 1.69. The zero-order valence-corrected chi connectivity index (χ0v) is 19.7. The van der Waals surface area contributed by atoms with Crippen molar-refractivity contribution in [2.75, 3.05) is 19.8 Å². The van der Waals surface area contributed by atoms with Gasteiger partial charge in [0.1, 0.15) is 12.2 Å². The molecule has 9 heteroatoms. The van der Waals surface area contributed by atoms with Gasteiger partial charge in [-0.1, -0.05) is 41.0 Å². The van der Waals surface area contributed by atoms with Gasteiger partial charge < -0.3 is 29.3 Å². The van der Waals surface area contributed by atoms with Crippen LogP contribution in [0.4, 0.5) is 0 Å². The lowest BCUT2D eigenvalue weighted by Crippen LogP contribution is -2.58. The van der Waals surface area contributed by atoms with Crippen molar-refractivity contribution in [1.29, 1.82) is 0 Å². The van der Waals surface area contributed by atoms with Gasteiger partial charge in [-0.15, -0.1) is 0 Å². The Labute approximate surface area is 179 Å². The maximum atomic E-state index is 12.4. The van der Waals surface area contributed by atoms with Crippen LogP contribution >= 0.6 is 7.60 Å². The van der Waals surface area contributed by atoms with E-state index in [2.05, 4.69) is 6.92 Å². The summed E-state index contributed by atoms with van der Waals surface area (Å²) in [5, 5.41) is 21.0. The molecule has 0 radical (unpaired) electrons. The van der Waals surface area contributed by atoms with Gasteiger partial charge in [0, 0.05) is 17.9 Å². The van der Waals surface area contributed by atoms with Crippen LogP contribution in [-0.4, -0.2) is 70.8 Å². The average molecular weight is 451 g/mol. The molecule has 2 saturated carbocycles. The fourth-order valence-corrected chi connectivity index (χ4v) is 5.37. The molecule has 8 nitrogen and oxygen atoms in total. The highest BCUT2D eigenvalue weighted by Gasteiger charge is 2.85. The minimum Gasteiger partial charge on any atom is -0.394 e. The van der Waals surface area contributed by atoms with Crippen LogP contribution in [0.1, 0.15) is 60.3 Å². The van der Waals surface area contributed by atoms with Gasteiger partial charge in [-0.25, -0.2) is 0 Å². The lowest BCUT2D eigenvalue weighted by Gasteiger charge is -2.46. The first-order valence-electron chi connectivity index (χ1n) is 11.3. The van der Waals surface area contributed by atoms with Gasteiger partial charge in [-0.3, -0.25) is 9.09 Å². The number of rotatable bonds is 12. The number of hydrogen-bond acceptors (Lipinski definition) is 7. The molecule has 2 aliphatic carbocycles. The molecule has 0 aromatic heterocycles. The van der Waals surface area contributed by atoms with Crippen molar-refractivity contribution in [2.45, 2.75) is 96.2 Å². The largest absolute Gasteiger partial charge is 0.394 e. The predicted molar refractivity (Wildman–Crippen MR) is 111 cm³/mol. The van der Waals surface area contributed by atoms with E-state index in [4.69, 9.17) is 18.7 Å². The van der Waals surface area contributed by atoms with Gasteiger partial charge in [-0.05, 0) is 25.2 Å². The van der Waals surface area contributed by atoms with Gasteiger partial charge in [0.2, 0.25) is 0 Å². The minimum atomic E-state index is -3.96. The average Bonchev–Trinajstić information content (AvgIpc) is 3.52. The molecule has 3 aliphatic rings. The number of fused-ring (bicyclic) bond motifs is 1. The third kappa shape index (κ3) is 4.53. The smallest absolute Gasteiger partial charge is 0.331 e. The molecule has 0 spiro atoms. The molecule has 3 fully saturated rings. The molecule has 0 aromatic carbocycles. The molecule has 3 N–H and O–H groups in total. The van der Waals surface area contributed by atoms with E-state index in [-0.39, 0.29) is 16.9 Å². The van der Waals surface area contributed by atoms with Crippen molar-refractivity contribution in [2.24, 2.45) is 17.3 Å². The lowest BCUT2D eigenvalue weighted by atomic mass is 9.81. The van der Waals surface area contributed by atoms with Crippen molar-refractivity contribution in [3.05, 3.63) is 0 Å². The summed E-state index contributed by atoms with van der Waals surface area (Å²) in [5.41, 5.74) is -0.609. The highest BCUT2D eigenvalue weighted by atomic mass is 31.2. The summed E-state index contributed by atoms with van der Waals surface area (Å²) in [5.74, 6) is -0.403. The molecule has 176 valence electrons. The van der Waals surface area contributed by atoms with Crippen LogP contribution < -0.4 is 0 Å². The Morgan fingerprint density at radius 3 is 2.43 bits per heavy atom. The molecule has 0 amide bonds. The van der Waals surface area contributed by atoms with Gasteiger partial charge in [0.05, 0.1) is 30.6 Å². The first-order chi connectivity index (χ1) is 14.1. The maximum Gasteiger partial charge on any atom is 0.331 e. The molecular weight excluding hydrogens is 411 g/mol. The molecule has 0 bridgehead atoms. The van der Waals surface area contributed by atoms with Crippen LogP contribution in [0.15, 0.2) is 0 Å². The zero-order valence-electron chi connectivity index (χ0n) is 18.8. The van der Waals surface area contributed by atoms with Crippen LogP contribution in [0, 0.1) is 17.3 Å². The summed E-state index contributed by atoms with van der Waals surface area (Å²) < 4.78 is 36.0. The normalized spacial score (nSPS) is 43.2. The third-order valence-corrected chi connectivity index (χ3v) is 9.05. The fraction of sp³-hybridized carbons (Fsp3) is 1.00. The van der Waals surface area contributed by atoms with E-state index in [1.165, 1.54) is 0 Å². The first kappa shape index (κ1) is 24.6. The number of aliphatic hydroxyl groups is 2. The van der Waals surface area contributed by atoms with Crippen molar-refractivity contribution < 1.29 is 38.4 Å². The molecular formula is C21H39O8P. The summed E-state index contributed by atoms with van der Waals surface area (Å²) in [6.45, 7) is 10.0. The first-order valence-corrected chi connectivity index (χ1v) is 12.9. The van der Waals surface area contributed by atoms with Crippen LogP contribution in [-0.2, 0) is 23.3 Å². The Hall–Kier alpha value is -0.0500. The fourth-order valence-electron chi connectivity index (χ4n) is 4.52. The summed E-state index contributed by atoms with van der Waals surface area (Å²) in [4.78, 5) is 10.2. The van der Waals surface area contributed by atoms with Crippen molar-refractivity contribution in [3.8, 4) is 0 Å². The zero-order chi connectivity index (χ0) is 22.3. The molecule has 7 atom stereocenters. The topological polar surface area (TPSA) is 115 Å². The Morgan fingerprint density at radius 1 is 1.23 bits per heavy atom. The van der Waals surface area contributed by atoms with Gasteiger partial charge in [0.25, 0.3) is 0 Å². The number of hydrogen-bond donors (Lipinski definition) is 3. The molecule has 1 saturated heterocycles. The molecule has 3 rings (SSSR count). The Bertz CT molecular complexity index is 634. The number of ether oxygens (including phenoxy) is 3. The quantitative estimate of drug-likeness (QED) is 0.389. The van der Waals surface area contributed by atoms with Crippen molar-refractivity contribution in [3.63, 3.8) is 0 Å². The second-order valence-corrected chi connectivity index (χ2v) is 12.1. The van der Waals surface area contributed by atoms with Crippen molar-refractivity contribution >= 4 is 7.60 Å². The maximum absolute atomic E-state index is 12.4. The Morgan fingerprint density at radius 2 is 1.90 bits per heavy atom. The Kier molecular flexibility index (Phi) is 7.43. The van der Waals surface area contributed by atoms with E-state index in [1.807, 2.05) is 13.8 Å². The van der Waals surface area contributed by atoms with E-state index >= 15 is 0 Å². The summed E-state index contributed by atoms with van der Waals surface area (Å²) in [6.07, 6.45) is -0.119. The summed E-state index contributed by atoms with van der Waals surface area (Å²) in [6, 6.07) is 0. The van der Waals surface area contributed by atoms with Gasteiger partial charge in [0.15, 0.2) is 6.29 Å². The SMILES string of the molecule is CCCOC12CC1(COC1OC(CO)C(OP(=O)(O)C(C)C)C(O)C1C(C)CC)C2. The van der Waals surface area contributed by atoms with E-state index in [9.17, 15) is 19.7 Å². The van der Waals surface area contributed by atoms with E-state index in [0.29, 0.717) is 6.61 Å². The molecule has 30 heavy (non-hydrogen) atoms. The highest BCUT2D eigenvalue weighted by molar-refractivity contribution is 7.53. The lowest BCUT2D eigenvalue weighted by molar-refractivity contribution is -0.292. The summed E-state index contributed by atoms with van der Waals surface area (Å²) in [7, 11) is -3.96. The molecule has 1 heterocycles. The summed E-state index contributed by atoms with van der Waals surface area (Å²) >= 11 is 0. The third-order valence-electron chi connectivity index (χ3n) is 7.20. The van der Waals surface area contributed by atoms with Gasteiger partial charge >= 0.3 is 7.60 Å². The predicted octanol–water partition coefficient (Wildman–Crippen LogP) is 2.68. The minimum absolute atomic E-state index is 0.0323. The van der Waals surface area contributed by atoms with Crippen LogP contribution in [0.5, 0.6) is 0 Å². The van der Waals surface area contributed by atoms with Crippen molar-refractivity contribution in [1.82, 2.24) is 0 Å². The van der Waals surface area contributed by atoms with Crippen LogP contribution in [0.2, 0.25) is 0 Å². The van der Waals surface area contributed by atoms with E-state index < -0.39 is 50.4 Å². The standard InChI is InChI=1S/C21H39O8P/c1-6-8-27-21-10-20(21,11-21)12-26-19-16(14(5)7-2)17(23)18(15(9-22)28-19)29-30(24,25)13(3)4/h13-19,22-23H,6-12H2,1-5H3,(H,24,25).